The van der Waals surface area contributed by atoms with E-state index in [0.717, 1.165) is 6.42 Å². The maximum atomic E-state index is 12.7. The Kier molecular flexibility index (Phi) is 2.46. The second kappa shape index (κ2) is 3.44. The summed E-state index contributed by atoms with van der Waals surface area (Å²) in [7, 11) is -1.34. The van der Waals surface area contributed by atoms with Crippen molar-refractivity contribution in [3.63, 3.8) is 0 Å². The molecule has 2 saturated carbocycles. The monoisotopic (exact) mass is 276 g/mol. The summed E-state index contributed by atoms with van der Waals surface area (Å²) in [4.78, 5) is 12.7. The molecular formula is C17H28OSi. The van der Waals surface area contributed by atoms with E-state index in [1.165, 1.54) is 19.3 Å². The van der Waals surface area contributed by atoms with E-state index in [-0.39, 0.29) is 16.7 Å². The van der Waals surface area contributed by atoms with Crippen molar-refractivity contribution in [1.82, 2.24) is 0 Å². The SMILES string of the molecule is CC1(C)CCC[C@@]2(C)CC(=O)[C@@H]3C([Si](C)(C)C)=C[C@]312. The molecule has 1 spiro atoms. The van der Waals surface area contributed by atoms with E-state index >= 15 is 0 Å². The molecule has 2 heteroatoms. The van der Waals surface area contributed by atoms with Crippen molar-refractivity contribution in [1.29, 1.82) is 0 Å². The Morgan fingerprint density at radius 3 is 2.37 bits per heavy atom. The van der Waals surface area contributed by atoms with Crippen molar-refractivity contribution in [2.24, 2.45) is 22.2 Å². The normalized spacial score (nSPS) is 44.2. The predicted octanol–water partition coefficient (Wildman–Crippen LogP) is 4.60. The maximum Gasteiger partial charge on any atom is 0.141 e. The van der Waals surface area contributed by atoms with Crippen molar-refractivity contribution in [3.05, 3.63) is 11.3 Å². The standard InChI is InChI=1S/C17H28OSi/c1-15(2)8-7-9-16(3)10-12(18)14-13(19(4,5)6)11-17(14,15)16/h11,14H,7-10H2,1-6H3/t14-,16+,17+/m1/s1. The second-order valence-electron chi connectivity index (χ2n) is 9.09. The van der Waals surface area contributed by atoms with Crippen LogP contribution in [0.15, 0.2) is 11.3 Å². The van der Waals surface area contributed by atoms with E-state index in [2.05, 4.69) is 46.5 Å². The van der Waals surface area contributed by atoms with Crippen LogP contribution in [0.1, 0.15) is 46.5 Å². The highest BCUT2D eigenvalue weighted by Crippen LogP contribution is 2.75. The lowest BCUT2D eigenvalue weighted by Gasteiger charge is -2.64. The average Bonchev–Trinajstić information content (AvgIpc) is 2.25. The van der Waals surface area contributed by atoms with Crippen LogP contribution in [0.25, 0.3) is 0 Å². The van der Waals surface area contributed by atoms with Gasteiger partial charge in [0.25, 0.3) is 0 Å². The van der Waals surface area contributed by atoms with Gasteiger partial charge in [0.05, 0.1) is 8.07 Å². The smallest absolute Gasteiger partial charge is 0.141 e. The van der Waals surface area contributed by atoms with Gasteiger partial charge in [0, 0.05) is 17.8 Å². The Morgan fingerprint density at radius 2 is 1.79 bits per heavy atom. The van der Waals surface area contributed by atoms with Crippen LogP contribution >= 0.6 is 0 Å². The van der Waals surface area contributed by atoms with E-state index in [1.807, 2.05) is 0 Å². The molecule has 0 heterocycles. The van der Waals surface area contributed by atoms with Gasteiger partial charge in [0.15, 0.2) is 0 Å². The fourth-order valence-electron chi connectivity index (χ4n) is 5.62. The Labute approximate surface area is 118 Å². The lowest BCUT2D eigenvalue weighted by atomic mass is 9.42. The molecule has 0 aliphatic heterocycles. The Morgan fingerprint density at radius 1 is 1.16 bits per heavy atom. The van der Waals surface area contributed by atoms with E-state index in [4.69, 9.17) is 0 Å². The summed E-state index contributed by atoms with van der Waals surface area (Å²) in [6.45, 7) is 14.4. The zero-order valence-electron chi connectivity index (χ0n) is 13.4. The summed E-state index contributed by atoms with van der Waals surface area (Å²) in [6, 6.07) is 0. The fraction of sp³-hybridized carbons (Fsp3) is 0.824. The number of carbonyl (C=O) groups is 1. The third kappa shape index (κ3) is 1.39. The summed E-state index contributed by atoms with van der Waals surface area (Å²) in [6.07, 6.45) is 7.23. The minimum Gasteiger partial charge on any atom is -0.299 e. The third-order valence-electron chi connectivity index (χ3n) is 6.55. The summed E-state index contributed by atoms with van der Waals surface area (Å²) < 4.78 is 0. The molecule has 19 heavy (non-hydrogen) atoms. The first-order chi connectivity index (χ1) is 8.55. The fourth-order valence-corrected chi connectivity index (χ4v) is 7.53. The minimum atomic E-state index is -1.34. The molecule has 1 nitrogen and oxygen atoms in total. The summed E-state index contributed by atoms with van der Waals surface area (Å²) >= 11 is 0. The van der Waals surface area contributed by atoms with Gasteiger partial charge < -0.3 is 0 Å². The first kappa shape index (κ1) is 13.6. The molecular weight excluding hydrogens is 248 g/mol. The number of rotatable bonds is 1. The van der Waals surface area contributed by atoms with E-state index in [0.29, 0.717) is 11.2 Å². The number of hydrogen-bond donors (Lipinski definition) is 0. The van der Waals surface area contributed by atoms with Gasteiger partial charge in [0.2, 0.25) is 0 Å². The molecule has 0 aromatic carbocycles. The minimum absolute atomic E-state index is 0.185. The molecule has 3 aliphatic rings. The van der Waals surface area contributed by atoms with Crippen LogP contribution in [0.4, 0.5) is 0 Å². The Balaban J connectivity index is 2.18. The highest BCUT2D eigenvalue weighted by atomic mass is 28.3. The Bertz CT molecular complexity index is 482. The molecule has 0 N–H and O–H groups in total. The van der Waals surface area contributed by atoms with Crippen LogP contribution in [0.3, 0.4) is 0 Å². The lowest BCUT2D eigenvalue weighted by Crippen LogP contribution is -2.60. The van der Waals surface area contributed by atoms with Gasteiger partial charge in [-0.3, -0.25) is 4.79 Å². The maximum absolute atomic E-state index is 12.7. The molecule has 2 fully saturated rings. The number of carbonyl (C=O) groups excluding carboxylic acids is 1. The van der Waals surface area contributed by atoms with Crippen LogP contribution in [0.2, 0.25) is 19.6 Å². The van der Waals surface area contributed by atoms with Crippen LogP contribution in [0, 0.1) is 22.2 Å². The summed E-state index contributed by atoms with van der Waals surface area (Å²) in [5.74, 6) is 0.830. The van der Waals surface area contributed by atoms with Crippen LogP contribution in [-0.2, 0) is 4.79 Å². The average molecular weight is 276 g/mol. The third-order valence-corrected chi connectivity index (χ3v) is 8.72. The van der Waals surface area contributed by atoms with Gasteiger partial charge in [0.1, 0.15) is 5.78 Å². The highest BCUT2D eigenvalue weighted by molar-refractivity contribution is 6.83. The first-order valence-electron chi connectivity index (χ1n) is 7.81. The van der Waals surface area contributed by atoms with Gasteiger partial charge >= 0.3 is 0 Å². The lowest BCUT2D eigenvalue weighted by molar-refractivity contribution is -0.123. The van der Waals surface area contributed by atoms with Gasteiger partial charge in [-0.05, 0) is 23.7 Å². The predicted molar refractivity (Wildman–Crippen MR) is 82.7 cm³/mol. The van der Waals surface area contributed by atoms with Gasteiger partial charge in [-0.2, -0.15) is 0 Å². The van der Waals surface area contributed by atoms with Crippen molar-refractivity contribution in [2.75, 3.05) is 0 Å². The van der Waals surface area contributed by atoms with Crippen molar-refractivity contribution in [3.8, 4) is 0 Å². The molecule has 3 rings (SSSR count). The number of allylic oxidation sites excluding steroid dienone is 2. The molecule has 0 aromatic rings. The molecule has 106 valence electrons. The molecule has 3 atom stereocenters. The van der Waals surface area contributed by atoms with Crippen LogP contribution in [0.5, 0.6) is 0 Å². The zero-order valence-corrected chi connectivity index (χ0v) is 14.4. The molecule has 3 aliphatic carbocycles. The van der Waals surface area contributed by atoms with Crippen molar-refractivity contribution < 1.29 is 4.79 Å². The van der Waals surface area contributed by atoms with Crippen molar-refractivity contribution >= 4 is 13.9 Å². The Hall–Kier alpha value is -0.373. The van der Waals surface area contributed by atoms with Gasteiger partial charge in [-0.15, -0.1) is 0 Å². The topological polar surface area (TPSA) is 17.1 Å². The van der Waals surface area contributed by atoms with E-state index in [9.17, 15) is 4.79 Å². The number of Topliss-reactive ketones (excluding diaryl/α,β-unsaturated/α-hetero) is 1. The number of hydrogen-bond acceptors (Lipinski definition) is 1. The molecule has 0 amide bonds. The molecule has 0 saturated heterocycles. The summed E-state index contributed by atoms with van der Waals surface area (Å²) in [5.41, 5.74) is 0.713. The quantitative estimate of drug-likeness (QED) is 0.640. The number of ketones is 1. The second-order valence-corrected chi connectivity index (χ2v) is 14.2. The van der Waals surface area contributed by atoms with E-state index in [1.54, 1.807) is 5.20 Å². The molecule has 0 unspecified atom stereocenters. The van der Waals surface area contributed by atoms with Crippen LogP contribution < -0.4 is 0 Å². The molecule has 0 aromatic heterocycles. The summed E-state index contributed by atoms with van der Waals surface area (Å²) in [5, 5.41) is 1.55. The molecule has 0 bridgehead atoms. The van der Waals surface area contributed by atoms with Gasteiger partial charge in [-0.1, -0.05) is 58.1 Å². The van der Waals surface area contributed by atoms with Crippen molar-refractivity contribution in [2.45, 2.75) is 66.1 Å². The van der Waals surface area contributed by atoms with Crippen LogP contribution in [-0.4, -0.2) is 13.9 Å². The largest absolute Gasteiger partial charge is 0.299 e. The van der Waals surface area contributed by atoms with Gasteiger partial charge in [-0.25, -0.2) is 0 Å². The highest BCUT2D eigenvalue weighted by Gasteiger charge is 2.72. The first-order valence-corrected chi connectivity index (χ1v) is 11.3. The zero-order chi connectivity index (χ0) is 14.3. The van der Waals surface area contributed by atoms with E-state index < -0.39 is 8.07 Å². The molecule has 0 radical (unpaired) electrons.